The normalized spacial score (nSPS) is 19.5. The summed E-state index contributed by atoms with van der Waals surface area (Å²) in [6.45, 7) is 9.52. The monoisotopic (exact) mass is 349 g/mol. The van der Waals surface area contributed by atoms with E-state index in [9.17, 15) is 0 Å². The lowest BCUT2D eigenvalue weighted by atomic mass is 9.81. The van der Waals surface area contributed by atoms with Crippen LogP contribution in [0.2, 0.25) is 0 Å². The number of hydrogen-bond acceptors (Lipinski definition) is 1. The molecule has 1 saturated heterocycles. The molecule has 0 spiro atoms. The van der Waals surface area contributed by atoms with E-state index in [4.69, 9.17) is 0 Å². The molecule has 0 aromatic rings. The summed E-state index contributed by atoms with van der Waals surface area (Å²) in [4.78, 5) is 0. The molecule has 1 rings (SSSR count). The van der Waals surface area contributed by atoms with Crippen LogP contribution in [0.4, 0.5) is 0 Å². The molecule has 0 aromatic carbocycles. The van der Waals surface area contributed by atoms with Crippen molar-refractivity contribution in [2.24, 2.45) is 11.8 Å². The fourth-order valence-electron chi connectivity index (χ4n) is 4.41. The number of hydrogen-bond donors (Lipinski definition) is 1. The highest BCUT2D eigenvalue weighted by molar-refractivity contribution is 5.06. The van der Waals surface area contributed by atoms with Gasteiger partial charge in [0.25, 0.3) is 0 Å². The molecule has 25 heavy (non-hydrogen) atoms. The minimum absolute atomic E-state index is 0.848. The first-order chi connectivity index (χ1) is 12.3. The molecule has 1 nitrogen and oxygen atoms in total. The zero-order valence-electron chi connectivity index (χ0n) is 17.8. The molecule has 2 atom stereocenters. The molecule has 2 unspecified atom stereocenters. The Kier molecular flexibility index (Phi) is 14.5. The van der Waals surface area contributed by atoms with Crippen LogP contribution in [-0.2, 0) is 0 Å². The van der Waals surface area contributed by atoms with E-state index in [0.29, 0.717) is 0 Å². The van der Waals surface area contributed by atoms with Crippen molar-refractivity contribution in [2.45, 2.75) is 117 Å². The second-order valence-electron chi connectivity index (χ2n) is 8.42. The molecule has 148 valence electrons. The largest absolute Gasteiger partial charge is 0.316 e. The Hall–Kier alpha value is -0.300. The third-order valence-electron chi connectivity index (χ3n) is 6.15. The Morgan fingerprint density at radius 1 is 0.880 bits per heavy atom. The van der Waals surface area contributed by atoms with Crippen molar-refractivity contribution in [1.82, 2.24) is 5.32 Å². The van der Waals surface area contributed by atoms with Crippen LogP contribution in [0.3, 0.4) is 0 Å². The SMILES string of the molecule is CCCCCCCCCCC=C(C)C(CCCCCC)C1CCNC1. The lowest BCUT2D eigenvalue weighted by Gasteiger charge is -2.24. The highest BCUT2D eigenvalue weighted by Crippen LogP contribution is 2.31. The van der Waals surface area contributed by atoms with Crippen molar-refractivity contribution in [3.63, 3.8) is 0 Å². The Morgan fingerprint density at radius 2 is 1.48 bits per heavy atom. The number of rotatable bonds is 16. The zero-order valence-corrected chi connectivity index (χ0v) is 17.8. The summed E-state index contributed by atoms with van der Waals surface area (Å²) in [6, 6.07) is 0. The summed E-state index contributed by atoms with van der Waals surface area (Å²) in [7, 11) is 0. The maximum atomic E-state index is 3.59. The molecule has 1 fully saturated rings. The van der Waals surface area contributed by atoms with Gasteiger partial charge in [0.2, 0.25) is 0 Å². The second-order valence-corrected chi connectivity index (χ2v) is 8.42. The smallest absolute Gasteiger partial charge is 0.00143 e. The summed E-state index contributed by atoms with van der Waals surface area (Å²) in [5.74, 6) is 1.75. The predicted octanol–water partition coefficient (Wildman–Crippen LogP) is 7.66. The van der Waals surface area contributed by atoms with Crippen molar-refractivity contribution in [3.05, 3.63) is 11.6 Å². The van der Waals surface area contributed by atoms with E-state index in [-0.39, 0.29) is 0 Å². The Labute approximate surface area is 159 Å². The van der Waals surface area contributed by atoms with E-state index in [1.54, 1.807) is 5.57 Å². The number of nitrogens with one attached hydrogen (secondary N) is 1. The Balaban J connectivity index is 2.22. The van der Waals surface area contributed by atoms with Gasteiger partial charge in [0, 0.05) is 0 Å². The van der Waals surface area contributed by atoms with Crippen molar-refractivity contribution < 1.29 is 0 Å². The van der Waals surface area contributed by atoms with E-state index in [2.05, 4.69) is 32.2 Å². The predicted molar refractivity (Wildman–Crippen MR) is 114 cm³/mol. The second kappa shape index (κ2) is 15.9. The molecular formula is C24H47N. The van der Waals surface area contributed by atoms with Crippen LogP contribution in [0.1, 0.15) is 117 Å². The molecule has 1 aliphatic rings. The molecule has 0 aliphatic carbocycles. The molecule has 0 amide bonds. The van der Waals surface area contributed by atoms with Crippen LogP contribution in [-0.4, -0.2) is 13.1 Å². The van der Waals surface area contributed by atoms with Crippen LogP contribution in [0.25, 0.3) is 0 Å². The van der Waals surface area contributed by atoms with E-state index < -0.39 is 0 Å². The lowest BCUT2D eigenvalue weighted by Crippen LogP contribution is -2.19. The fourth-order valence-corrected chi connectivity index (χ4v) is 4.41. The van der Waals surface area contributed by atoms with E-state index in [0.717, 1.165) is 11.8 Å². The maximum Gasteiger partial charge on any atom is -0.00143 e. The van der Waals surface area contributed by atoms with Crippen molar-refractivity contribution in [1.29, 1.82) is 0 Å². The minimum atomic E-state index is 0.848. The summed E-state index contributed by atoms with van der Waals surface area (Å²) in [5, 5.41) is 3.59. The van der Waals surface area contributed by atoms with Gasteiger partial charge in [0.15, 0.2) is 0 Å². The first-order valence-electron chi connectivity index (χ1n) is 11.7. The summed E-state index contributed by atoms with van der Waals surface area (Å²) in [5.41, 5.74) is 1.70. The zero-order chi connectivity index (χ0) is 18.2. The molecule has 0 saturated carbocycles. The highest BCUT2D eigenvalue weighted by Gasteiger charge is 2.25. The molecule has 1 N–H and O–H groups in total. The van der Waals surface area contributed by atoms with Gasteiger partial charge in [-0.1, -0.05) is 96.1 Å². The lowest BCUT2D eigenvalue weighted by molar-refractivity contribution is 0.369. The van der Waals surface area contributed by atoms with Gasteiger partial charge < -0.3 is 5.32 Å². The fraction of sp³-hybridized carbons (Fsp3) is 0.917. The average Bonchev–Trinajstić information content (AvgIpc) is 3.14. The van der Waals surface area contributed by atoms with Gasteiger partial charge in [-0.05, 0) is 57.5 Å². The standard InChI is InChI=1S/C24H47N/c1-4-6-8-10-11-12-13-14-15-17-22(3)24(18-16-9-7-5-2)23-19-20-25-21-23/h17,23-25H,4-16,18-21H2,1-3H3. The number of allylic oxidation sites excluding steroid dienone is 2. The van der Waals surface area contributed by atoms with E-state index >= 15 is 0 Å². The van der Waals surface area contributed by atoms with Crippen LogP contribution in [0, 0.1) is 11.8 Å². The summed E-state index contributed by atoms with van der Waals surface area (Å²) < 4.78 is 0. The first kappa shape index (κ1) is 22.7. The molecule has 0 aromatic heterocycles. The number of unbranched alkanes of at least 4 members (excludes halogenated alkanes) is 11. The first-order valence-corrected chi connectivity index (χ1v) is 11.7. The van der Waals surface area contributed by atoms with Gasteiger partial charge in [0.1, 0.15) is 0 Å². The highest BCUT2D eigenvalue weighted by atomic mass is 14.9. The van der Waals surface area contributed by atoms with Crippen molar-refractivity contribution >= 4 is 0 Å². The van der Waals surface area contributed by atoms with Gasteiger partial charge in [-0.3, -0.25) is 0 Å². The molecule has 1 heteroatoms. The molecule has 1 aliphatic heterocycles. The summed E-state index contributed by atoms with van der Waals surface area (Å²) in [6.07, 6.45) is 23.8. The quantitative estimate of drug-likeness (QED) is 0.223. The molecule has 0 radical (unpaired) electrons. The third-order valence-corrected chi connectivity index (χ3v) is 6.15. The third kappa shape index (κ3) is 11.1. The van der Waals surface area contributed by atoms with E-state index in [1.807, 2.05) is 0 Å². The van der Waals surface area contributed by atoms with Gasteiger partial charge in [-0.25, -0.2) is 0 Å². The van der Waals surface area contributed by atoms with E-state index in [1.165, 1.54) is 109 Å². The minimum Gasteiger partial charge on any atom is -0.316 e. The average molecular weight is 350 g/mol. The van der Waals surface area contributed by atoms with Gasteiger partial charge in [0.05, 0.1) is 0 Å². The molecular weight excluding hydrogens is 302 g/mol. The topological polar surface area (TPSA) is 12.0 Å². The Bertz CT molecular complexity index is 314. The van der Waals surface area contributed by atoms with Crippen LogP contribution in [0.5, 0.6) is 0 Å². The Morgan fingerprint density at radius 3 is 2.08 bits per heavy atom. The van der Waals surface area contributed by atoms with Crippen LogP contribution < -0.4 is 5.32 Å². The van der Waals surface area contributed by atoms with Crippen molar-refractivity contribution in [2.75, 3.05) is 13.1 Å². The van der Waals surface area contributed by atoms with Crippen LogP contribution >= 0.6 is 0 Å². The van der Waals surface area contributed by atoms with Gasteiger partial charge >= 0.3 is 0 Å². The van der Waals surface area contributed by atoms with Crippen LogP contribution in [0.15, 0.2) is 11.6 Å². The summed E-state index contributed by atoms with van der Waals surface area (Å²) >= 11 is 0. The maximum absolute atomic E-state index is 3.59. The van der Waals surface area contributed by atoms with Crippen molar-refractivity contribution in [3.8, 4) is 0 Å². The van der Waals surface area contributed by atoms with Gasteiger partial charge in [-0.2, -0.15) is 0 Å². The molecule has 0 bridgehead atoms. The molecule has 1 heterocycles. The van der Waals surface area contributed by atoms with Gasteiger partial charge in [-0.15, -0.1) is 0 Å².